The molecule has 0 rings (SSSR count). The molecule has 0 aliphatic rings. The molecule has 106 valence electrons. The lowest BCUT2D eigenvalue weighted by Crippen LogP contribution is -2.45. The zero-order valence-electron chi connectivity index (χ0n) is 12.0. The molecule has 0 aliphatic carbocycles. The molecule has 1 atom stereocenters. The summed E-state index contributed by atoms with van der Waals surface area (Å²) in [4.78, 5) is 22.1. The van der Waals surface area contributed by atoms with Gasteiger partial charge in [-0.2, -0.15) is 0 Å². The van der Waals surface area contributed by atoms with Gasteiger partial charge in [-0.15, -0.1) is 0 Å². The highest BCUT2D eigenvalue weighted by molar-refractivity contribution is 5.66. The van der Waals surface area contributed by atoms with Crippen LogP contribution in [-0.4, -0.2) is 56.0 Å². The molecule has 0 saturated heterocycles. The Kier molecular flexibility index (Phi) is 5.60. The van der Waals surface area contributed by atoms with Gasteiger partial charge in [0.15, 0.2) is 6.10 Å². The maximum absolute atomic E-state index is 11.5. The van der Waals surface area contributed by atoms with Gasteiger partial charge in [0, 0.05) is 12.4 Å². The number of quaternary nitrogens is 1. The highest BCUT2D eigenvalue weighted by Crippen LogP contribution is 2.11. The third kappa shape index (κ3) is 9.89. The third-order valence-electron chi connectivity index (χ3n) is 1.80. The van der Waals surface area contributed by atoms with Gasteiger partial charge in [0.25, 0.3) is 0 Å². The van der Waals surface area contributed by atoms with Crippen molar-refractivity contribution in [1.82, 2.24) is 0 Å². The summed E-state index contributed by atoms with van der Waals surface area (Å²) >= 11 is 0. The lowest BCUT2D eigenvalue weighted by molar-refractivity contribution is -0.873. The molecule has 0 saturated carbocycles. The monoisotopic (exact) mass is 261 g/mol. The Morgan fingerprint density at radius 2 is 1.72 bits per heavy atom. The fraction of sp³-hybridized carbons (Fsp3) is 0.833. The van der Waals surface area contributed by atoms with Gasteiger partial charge in [0.2, 0.25) is 0 Å². The number of carbonyl (C=O) groups is 2. The van der Waals surface area contributed by atoms with E-state index in [0.29, 0.717) is 11.0 Å². The smallest absolute Gasteiger partial charge is 0.509 e. The summed E-state index contributed by atoms with van der Waals surface area (Å²) in [7, 11) is 5.63. The minimum Gasteiger partial charge on any atom is -0.550 e. The van der Waals surface area contributed by atoms with Gasteiger partial charge < -0.3 is 23.9 Å². The van der Waals surface area contributed by atoms with Gasteiger partial charge in [-0.3, -0.25) is 0 Å². The van der Waals surface area contributed by atoms with Crippen LogP contribution in [0.3, 0.4) is 0 Å². The van der Waals surface area contributed by atoms with Crippen molar-refractivity contribution in [2.75, 3.05) is 27.7 Å². The van der Waals surface area contributed by atoms with Crippen LogP contribution in [0.15, 0.2) is 0 Å². The normalized spacial score (nSPS) is 13.9. The van der Waals surface area contributed by atoms with E-state index in [0.717, 1.165) is 0 Å². The van der Waals surface area contributed by atoms with Gasteiger partial charge in [0.05, 0.1) is 21.1 Å². The Bertz CT molecular complexity index is 301. The second-order valence-corrected chi connectivity index (χ2v) is 6.25. The minimum atomic E-state index is -1.25. The molecule has 0 fully saturated rings. The minimum absolute atomic E-state index is 0.339. The lowest BCUT2D eigenvalue weighted by Gasteiger charge is -2.29. The fourth-order valence-corrected chi connectivity index (χ4v) is 1.35. The number of carboxylic acids is 1. The van der Waals surface area contributed by atoms with Crippen molar-refractivity contribution in [3.8, 4) is 0 Å². The van der Waals surface area contributed by atoms with Crippen LogP contribution in [0.1, 0.15) is 27.2 Å². The van der Waals surface area contributed by atoms with Gasteiger partial charge >= 0.3 is 6.16 Å². The summed E-state index contributed by atoms with van der Waals surface area (Å²) in [6, 6.07) is 0. The Morgan fingerprint density at radius 1 is 1.22 bits per heavy atom. The van der Waals surface area contributed by atoms with Crippen molar-refractivity contribution in [3.63, 3.8) is 0 Å². The molecule has 6 heteroatoms. The number of ether oxygens (including phenoxy) is 2. The lowest BCUT2D eigenvalue weighted by atomic mass is 10.2. The maximum atomic E-state index is 11.5. The first-order valence-corrected chi connectivity index (χ1v) is 5.79. The summed E-state index contributed by atoms with van der Waals surface area (Å²) < 4.78 is 10.5. The Morgan fingerprint density at radius 3 is 2.06 bits per heavy atom. The molecule has 0 heterocycles. The molecule has 0 amide bonds. The second-order valence-electron chi connectivity index (χ2n) is 6.25. The van der Waals surface area contributed by atoms with E-state index in [1.54, 1.807) is 20.8 Å². The number of rotatable bonds is 5. The third-order valence-corrected chi connectivity index (χ3v) is 1.80. The van der Waals surface area contributed by atoms with Crippen LogP contribution in [0.25, 0.3) is 0 Å². The van der Waals surface area contributed by atoms with E-state index >= 15 is 0 Å². The predicted molar refractivity (Wildman–Crippen MR) is 63.6 cm³/mol. The van der Waals surface area contributed by atoms with Gasteiger partial charge in [-0.05, 0) is 20.8 Å². The zero-order chi connectivity index (χ0) is 14.6. The zero-order valence-corrected chi connectivity index (χ0v) is 12.0. The van der Waals surface area contributed by atoms with E-state index < -0.39 is 23.8 Å². The van der Waals surface area contributed by atoms with Gasteiger partial charge in [-0.25, -0.2) is 4.79 Å². The summed E-state index contributed by atoms with van der Waals surface area (Å²) in [6.45, 7) is 5.50. The average molecular weight is 261 g/mol. The first-order valence-electron chi connectivity index (χ1n) is 5.79. The van der Waals surface area contributed by atoms with Crippen LogP contribution < -0.4 is 5.11 Å². The average Bonchev–Trinajstić information content (AvgIpc) is 1.92. The highest BCUT2D eigenvalue weighted by Gasteiger charge is 2.25. The Hall–Kier alpha value is -1.30. The number of aliphatic carboxylic acids is 1. The SMILES string of the molecule is CC(C)(C)OC(=O)O[C@H](CC(=O)[O-])C[N+](C)(C)C. The van der Waals surface area contributed by atoms with E-state index in [1.807, 2.05) is 21.1 Å². The first kappa shape index (κ1) is 16.7. The molecule has 18 heavy (non-hydrogen) atoms. The molecular formula is C12H23NO5. The molecule has 0 aromatic rings. The van der Waals surface area contributed by atoms with Crippen molar-refractivity contribution in [2.45, 2.75) is 38.9 Å². The molecule has 0 aliphatic heterocycles. The molecule has 0 aromatic carbocycles. The number of carbonyl (C=O) groups excluding carboxylic acids is 2. The summed E-state index contributed by atoms with van der Waals surface area (Å²) in [6.07, 6.45) is -1.96. The molecular weight excluding hydrogens is 238 g/mol. The van der Waals surface area contributed by atoms with Crippen molar-refractivity contribution in [3.05, 3.63) is 0 Å². The van der Waals surface area contributed by atoms with Gasteiger partial charge in [0.1, 0.15) is 12.1 Å². The van der Waals surface area contributed by atoms with Crippen molar-refractivity contribution in [2.24, 2.45) is 0 Å². The molecule has 0 N–H and O–H groups in total. The molecule has 0 spiro atoms. The second kappa shape index (κ2) is 6.04. The molecule has 0 radical (unpaired) electrons. The summed E-state index contributed by atoms with van der Waals surface area (Å²) in [5, 5.41) is 10.6. The summed E-state index contributed by atoms with van der Waals surface area (Å²) in [5.74, 6) is -1.25. The summed E-state index contributed by atoms with van der Waals surface area (Å²) in [5.41, 5.74) is -0.667. The molecule has 0 bridgehead atoms. The van der Waals surface area contributed by atoms with Crippen LogP contribution in [-0.2, 0) is 14.3 Å². The number of nitrogens with zero attached hydrogens (tertiary/aromatic N) is 1. The van der Waals surface area contributed by atoms with Crippen molar-refractivity contribution >= 4 is 12.1 Å². The van der Waals surface area contributed by atoms with Crippen molar-refractivity contribution < 1.29 is 28.7 Å². The van der Waals surface area contributed by atoms with Crippen LogP contribution in [0, 0.1) is 0 Å². The first-order chi connectivity index (χ1) is 7.89. The van der Waals surface area contributed by atoms with Crippen molar-refractivity contribution in [1.29, 1.82) is 0 Å². The van der Waals surface area contributed by atoms with Crippen LogP contribution in [0.2, 0.25) is 0 Å². The predicted octanol–water partition coefficient (Wildman–Crippen LogP) is 0.153. The molecule has 6 nitrogen and oxygen atoms in total. The van der Waals surface area contributed by atoms with Crippen LogP contribution in [0.4, 0.5) is 4.79 Å². The highest BCUT2D eigenvalue weighted by atomic mass is 16.7. The van der Waals surface area contributed by atoms with Crippen LogP contribution in [0.5, 0.6) is 0 Å². The fourth-order valence-electron chi connectivity index (χ4n) is 1.35. The van der Waals surface area contributed by atoms with Crippen LogP contribution >= 0.6 is 0 Å². The van der Waals surface area contributed by atoms with E-state index in [1.165, 1.54) is 0 Å². The number of carboxylic acid groups (broad SMARTS) is 1. The molecule has 0 aromatic heterocycles. The standard InChI is InChI=1S/C12H23NO5/c1-12(2,3)18-11(16)17-9(7-10(14)15)8-13(4,5)6/h9H,7-8H2,1-6H3/t9-/m1/s1. The maximum Gasteiger partial charge on any atom is 0.509 e. The van der Waals surface area contributed by atoms with E-state index in [-0.39, 0.29) is 6.42 Å². The Balaban J connectivity index is 4.50. The van der Waals surface area contributed by atoms with E-state index in [9.17, 15) is 14.7 Å². The van der Waals surface area contributed by atoms with Gasteiger partial charge in [-0.1, -0.05) is 0 Å². The Labute approximate surface area is 108 Å². The quantitative estimate of drug-likeness (QED) is 0.520. The number of hydrogen-bond donors (Lipinski definition) is 0. The molecule has 0 unspecified atom stereocenters. The number of hydrogen-bond acceptors (Lipinski definition) is 5. The largest absolute Gasteiger partial charge is 0.550 e. The number of likely N-dealkylation sites (N-methyl/N-ethyl adjacent to an activating group) is 1. The van der Waals surface area contributed by atoms with E-state index in [4.69, 9.17) is 9.47 Å². The topological polar surface area (TPSA) is 75.7 Å². The van der Waals surface area contributed by atoms with E-state index in [2.05, 4.69) is 0 Å².